The molecule has 0 aliphatic carbocycles. The molecule has 0 radical (unpaired) electrons. The average Bonchev–Trinajstić information content (AvgIpc) is 3.49. The van der Waals surface area contributed by atoms with Crippen LogP contribution in [-0.2, 0) is 0 Å². The molecule has 1 N–H and O–H groups in total. The molecule has 1 aliphatic rings. The first-order valence-electron chi connectivity index (χ1n) is 10.3. The lowest BCUT2D eigenvalue weighted by molar-refractivity contribution is 0.0707. The molecule has 31 heavy (non-hydrogen) atoms. The van der Waals surface area contributed by atoms with Gasteiger partial charge in [0.15, 0.2) is 0 Å². The highest BCUT2D eigenvalue weighted by molar-refractivity contribution is 7.18. The number of hydrogen-bond acceptors (Lipinski definition) is 5. The van der Waals surface area contributed by atoms with Crippen LogP contribution in [0, 0.1) is 0 Å². The average molecular weight is 448 g/mol. The van der Waals surface area contributed by atoms with Gasteiger partial charge in [-0.1, -0.05) is 18.2 Å². The van der Waals surface area contributed by atoms with Gasteiger partial charge >= 0.3 is 0 Å². The van der Waals surface area contributed by atoms with Gasteiger partial charge in [-0.3, -0.25) is 9.59 Å². The normalized spacial score (nSPS) is 16.4. The number of likely N-dealkylation sites (tertiary alicyclic amines) is 1. The van der Waals surface area contributed by atoms with Crippen LogP contribution in [0.15, 0.2) is 66.0 Å². The minimum Gasteiger partial charge on any atom is -0.338 e. The van der Waals surface area contributed by atoms with Crippen LogP contribution in [0.25, 0.3) is 10.2 Å². The molecule has 0 unspecified atom stereocenters. The summed E-state index contributed by atoms with van der Waals surface area (Å²) in [6, 6.07) is 19.0. The summed E-state index contributed by atoms with van der Waals surface area (Å²) in [5.41, 5.74) is 2.35. The first-order valence-corrected chi connectivity index (χ1v) is 12.0. The molecule has 2 aromatic heterocycles. The van der Waals surface area contributed by atoms with E-state index in [-0.39, 0.29) is 17.7 Å². The monoisotopic (exact) mass is 447 g/mol. The molecule has 4 aromatic rings. The lowest BCUT2D eigenvalue weighted by Gasteiger charge is -2.32. The number of hydrogen-bond donors (Lipinski definition) is 1. The predicted octanol–water partition coefficient (Wildman–Crippen LogP) is 5.63. The second-order valence-corrected chi connectivity index (χ2v) is 9.63. The van der Waals surface area contributed by atoms with Crippen molar-refractivity contribution < 1.29 is 9.59 Å². The van der Waals surface area contributed by atoms with E-state index < -0.39 is 0 Å². The molecule has 1 aliphatic heterocycles. The maximum absolute atomic E-state index is 13.1. The maximum Gasteiger partial charge on any atom is 0.265 e. The van der Waals surface area contributed by atoms with Crippen LogP contribution in [0.4, 0.5) is 5.69 Å². The highest BCUT2D eigenvalue weighted by Crippen LogP contribution is 2.33. The number of benzene rings is 2. The number of nitrogens with one attached hydrogen (secondary N) is 1. The Labute approximate surface area is 188 Å². The van der Waals surface area contributed by atoms with Crippen molar-refractivity contribution in [2.24, 2.45) is 0 Å². The third-order valence-electron chi connectivity index (χ3n) is 5.50. The molecule has 5 rings (SSSR count). The van der Waals surface area contributed by atoms with Crippen LogP contribution in [0.2, 0.25) is 0 Å². The standard InChI is InChI=1S/C24H21N3O2S2/c28-22(21-8-4-14-30-21)25-18-11-9-16(10-12-18)24(29)27-13-3-5-17(15-27)23-26-19-6-1-2-7-20(19)31-23/h1-2,4,6-12,14,17H,3,5,13,15H2,(H,25,28)/t17-/m0/s1. The predicted molar refractivity (Wildman–Crippen MR) is 126 cm³/mol. The molecule has 3 heterocycles. The van der Waals surface area contributed by atoms with Gasteiger partial charge in [0.05, 0.1) is 20.1 Å². The van der Waals surface area contributed by atoms with Crippen molar-refractivity contribution in [2.45, 2.75) is 18.8 Å². The van der Waals surface area contributed by atoms with E-state index in [1.807, 2.05) is 34.5 Å². The zero-order valence-electron chi connectivity index (χ0n) is 16.8. The Hall–Kier alpha value is -3.03. The van der Waals surface area contributed by atoms with E-state index in [1.165, 1.54) is 16.0 Å². The summed E-state index contributed by atoms with van der Waals surface area (Å²) in [7, 11) is 0. The first kappa shape index (κ1) is 19.9. The third-order valence-corrected chi connectivity index (χ3v) is 7.57. The van der Waals surface area contributed by atoms with Gasteiger partial charge in [-0.25, -0.2) is 4.98 Å². The van der Waals surface area contributed by atoms with Crippen molar-refractivity contribution >= 4 is 50.4 Å². The molecule has 1 atom stereocenters. The van der Waals surface area contributed by atoms with Gasteiger partial charge in [-0.05, 0) is 60.7 Å². The highest BCUT2D eigenvalue weighted by Gasteiger charge is 2.27. The Morgan fingerprint density at radius 2 is 1.87 bits per heavy atom. The highest BCUT2D eigenvalue weighted by atomic mass is 32.1. The van der Waals surface area contributed by atoms with Gasteiger partial charge in [0.25, 0.3) is 11.8 Å². The van der Waals surface area contributed by atoms with E-state index in [9.17, 15) is 9.59 Å². The van der Waals surface area contributed by atoms with E-state index in [0.29, 0.717) is 22.7 Å². The van der Waals surface area contributed by atoms with Gasteiger partial charge in [0.2, 0.25) is 0 Å². The Morgan fingerprint density at radius 1 is 1.03 bits per heavy atom. The van der Waals surface area contributed by atoms with Crippen molar-refractivity contribution in [1.29, 1.82) is 0 Å². The van der Waals surface area contributed by atoms with Gasteiger partial charge in [0.1, 0.15) is 0 Å². The fourth-order valence-corrected chi connectivity index (χ4v) is 5.62. The van der Waals surface area contributed by atoms with Crippen LogP contribution in [0.3, 0.4) is 0 Å². The van der Waals surface area contributed by atoms with Crippen molar-refractivity contribution in [3.05, 3.63) is 81.5 Å². The van der Waals surface area contributed by atoms with E-state index >= 15 is 0 Å². The zero-order valence-corrected chi connectivity index (χ0v) is 18.4. The molecular formula is C24H21N3O2S2. The number of aromatic nitrogens is 1. The molecular weight excluding hydrogens is 426 g/mol. The second-order valence-electron chi connectivity index (χ2n) is 7.62. The summed E-state index contributed by atoms with van der Waals surface area (Å²) in [5, 5.41) is 5.86. The molecule has 1 saturated heterocycles. The number of carbonyl (C=O) groups excluding carboxylic acids is 2. The fraction of sp³-hybridized carbons (Fsp3) is 0.208. The van der Waals surface area contributed by atoms with Gasteiger partial charge in [-0.15, -0.1) is 22.7 Å². The SMILES string of the molecule is O=C(Nc1ccc(C(=O)N2CCC[C@H](c3nc4ccccc4s3)C2)cc1)c1cccs1. The number of para-hydroxylation sites is 1. The molecule has 2 aromatic carbocycles. The van der Waals surface area contributed by atoms with Gasteiger partial charge < -0.3 is 10.2 Å². The molecule has 0 saturated carbocycles. The Balaban J connectivity index is 1.26. The van der Waals surface area contributed by atoms with Crippen LogP contribution in [-0.4, -0.2) is 34.8 Å². The molecule has 0 bridgehead atoms. The van der Waals surface area contributed by atoms with Crippen LogP contribution in [0.1, 0.15) is 43.8 Å². The van der Waals surface area contributed by atoms with Crippen molar-refractivity contribution in [3.8, 4) is 0 Å². The number of amides is 2. The van der Waals surface area contributed by atoms with E-state index in [4.69, 9.17) is 4.98 Å². The number of thiazole rings is 1. The first-order chi connectivity index (χ1) is 15.2. The van der Waals surface area contributed by atoms with Gasteiger partial charge in [-0.2, -0.15) is 0 Å². The lowest BCUT2D eigenvalue weighted by Crippen LogP contribution is -2.39. The van der Waals surface area contributed by atoms with Crippen LogP contribution >= 0.6 is 22.7 Å². The van der Waals surface area contributed by atoms with Crippen molar-refractivity contribution in [2.75, 3.05) is 18.4 Å². The maximum atomic E-state index is 13.1. The summed E-state index contributed by atoms with van der Waals surface area (Å²) in [4.78, 5) is 32.7. The topological polar surface area (TPSA) is 62.3 Å². The number of nitrogens with zero attached hydrogens (tertiary/aromatic N) is 2. The minimum absolute atomic E-state index is 0.0296. The Bertz CT molecular complexity index is 1180. The number of anilines is 1. The third kappa shape index (κ3) is 4.24. The molecule has 7 heteroatoms. The Morgan fingerprint density at radius 3 is 2.65 bits per heavy atom. The number of carbonyl (C=O) groups is 2. The van der Waals surface area contributed by atoms with Crippen LogP contribution < -0.4 is 5.32 Å². The summed E-state index contributed by atoms with van der Waals surface area (Å²) in [6.07, 6.45) is 2.03. The number of piperidine rings is 1. The number of rotatable bonds is 4. The minimum atomic E-state index is -0.135. The summed E-state index contributed by atoms with van der Waals surface area (Å²) in [6.45, 7) is 1.45. The van der Waals surface area contributed by atoms with Crippen LogP contribution in [0.5, 0.6) is 0 Å². The van der Waals surface area contributed by atoms with E-state index in [0.717, 1.165) is 29.9 Å². The number of thiophene rings is 1. The second kappa shape index (κ2) is 8.61. The zero-order chi connectivity index (χ0) is 21.2. The largest absolute Gasteiger partial charge is 0.338 e. The Kier molecular flexibility index (Phi) is 5.53. The summed E-state index contributed by atoms with van der Waals surface area (Å²) >= 11 is 3.13. The van der Waals surface area contributed by atoms with Crippen molar-refractivity contribution in [1.82, 2.24) is 9.88 Å². The smallest absolute Gasteiger partial charge is 0.265 e. The molecule has 5 nitrogen and oxygen atoms in total. The van der Waals surface area contributed by atoms with E-state index in [2.05, 4.69) is 11.4 Å². The quantitative estimate of drug-likeness (QED) is 0.441. The summed E-state index contributed by atoms with van der Waals surface area (Å²) < 4.78 is 1.20. The molecule has 0 spiro atoms. The lowest BCUT2D eigenvalue weighted by atomic mass is 9.98. The fourth-order valence-electron chi connectivity index (χ4n) is 3.91. The van der Waals surface area contributed by atoms with Gasteiger partial charge in [0, 0.05) is 30.3 Å². The molecule has 2 amide bonds. The van der Waals surface area contributed by atoms with E-state index in [1.54, 1.807) is 41.7 Å². The van der Waals surface area contributed by atoms with Crippen molar-refractivity contribution in [3.63, 3.8) is 0 Å². The molecule has 1 fully saturated rings. The summed E-state index contributed by atoms with van der Waals surface area (Å²) in [5.74, 6) is 0.171. The molecule has 156 valence electrons. The number of fused-ring (bicyclic) bond motifs is 1.